The van der Waals surface area contributed by atoms with Crippen LogP contribution < -0.4 is 0 Å². The smallest absolute Gasteiger partial charge is 0.337 e. The number of rotatable bonds is 5. The number of hydrogen-bond donors (Lipinski definition) is 1. The third kappa shape index (κ3) is 3.38. The Morgan fingerprint density at radius 1 is 0.909 bits per heavy atom. The highest BCUT2D eigenvalue weighted by molar-refractivity contribution is 6.14. The summed E-state index contributed by atoms with van der Waals surface area (Å²) in [6.45, 7) is 0. The zero-order valence-electron chi connectivity index (χ0n) is 11.9. The molecule has 112 valence electrons. The van der Waals surface area contributed by atoms with E-state index in [1.807, 2.05) is 0 Å². The summed E-state index contributed by atoms with van der Waals surface area (Å²) in [5.41, 5.74) is 0.754. The molecule has 1 N–H and O–H groups in total. The number of aromatic hydroxyl groups is 1. The molecule has 0 aromatic heterocycles. The van der Waals surface area contributed by atoms with E-state index in [1.165, 1.54) is 43.5 Å². The van der Waals surface area contributed by atoms with Crippen molar-refractivity contribution in [2.75, 3.05) is 7.11 Å². The largest absolute Gasteiger partial charge is 0.507 e. The van der Waals surface area contributed by atoms with Crippen molar-refractivity contribution in [2.24, 2.45) is 0 Å². The van der Waals surface area contributed by atoms with Gasteiger partial charge in [-0.3, -0.25) is 9.59 Å². The first-order valence-corrected chi connectivity index (χ1v) is 6.55. The number of carbonyl (C=O) groups excluding carboxylic acids is 3. The molecule has 0 aliphatic carbocycles. The summed E-state index contributed by atoms with van der Waals surface area (Å²) in [4.78, 5) is 35.4. The maximum atomic E-state index is 12.1. The van der Waals surface area contributed by atoms with Crippen LogP contribution in [0.2, 0.25) is 0 Å². The molecule has 0 saturated heterocycles. The Labute approximate surface area is 127 Å². The number of methoxy groups -OCH3 is 1. The van der Waals surface area contributed by atoms with Gasteiger partial charge in [0.1, 0.15) is 5.75 Å². The number of Topliss-reactive ketones (excluding diaryl/α,β-unsaturated/α-hetero) is 2. The number of benzene rings is 2. The van der Waals surface area contributed by atoms with Crippen LogP contribution in [0.1, 0.15) is 37.5 Å². The lowest BCUT2D eigenvalue weighted by Crippen LogP contribution is -2.09. The van der Waals surface area contributed by atoms with E-state index in [1.54, 1.807) is 12.1 Å². The van der Waals surface area contributed by atoms with Gasteiger partial charge in [0, 0.05) is 5.56 Å². The number of phenolic OH excluding ortho intramolecular Hbond substituents is 1. The maximum absolute atomic E-state index is 12.1. The molecule has 0 fully saturated rings. The van der Waals surface area contributed by atoms with Gasteiger partial charge in [0.2, 0.25) is 0 Å². The lowest BCUT2D eigenvalue weighted by atomic mass is 10.00. The second-order valence-electron chi connectivity index (χ2n) is 4.61. The number of para-hydroxylation sites is 1. The zero-order valence-corrected chi connectivity index (χ0v) is 11.9. The van der Waals surface area contributed by atoms with E-state index in [9.17, 15) is 19.5 Å². The molecule has 0 aliphatic heterocycles. The first-order valence-electron chi connectivity index (χ1n) is 6.55. The molecule has 5 heteroatoms. The Bertz CT molecular complexity index is 716. The molecule has 2 aromatic rings. The van der Waals surface area contributed by atoms with Gasteiger partial charge in [0.15, 0.2) is 11.6 Å². The highest BCUT2D eigenvalue weighted by atomic mass is 16.5. The Balaban J connectivity index is 2.11. The van der Waals surface area contributed by atoms with Crippen LogP contribution in [0, 0.1) is 0 Å². The van der Waals surface area contributed by atoms with Gasteiger partial charge in [-0.15, -0.1) is 0 Å². The highest BCUT2D eigenvalue weighted by Crippen LogP contribution is 2.18. The summed E-state index contributed by atoms with van der Waals surface area (Å²) < 4.78 is 4.57. The van der Waals surface area contributed by atoms with E-state index < -0.39 is 11.8 Å². The normalized spacial score (nSPS) is 10.0. The average molecular weight is 298 g/mol. The van der Waals surface area contributed by atoms with Gasteiger partial charge in [-0.25, -0.2) is 4.79 Å². The Morgan fingerprint density at radius 2 is 1.50 bits per heavy atom. The molecule has 0 amide bonds. The van der Waals surface area contributed by atoms with Gasteiger partial charge in [0.25, 0.3) is 0 Å². The second kappa shape index (κ2) is 6.67. The van der Waals surface area contributed by atoms with Crippen molar-refractivity contribution in [3.05, 3.63) is 65.2 Å². The Morgan fingerprint density at radius 3 is 2.09 bits per heavy atom. The van der Waals surface area contributed by atoms with Crippen molar-refractivity contribution < 1.29 is 24.2 Å². The van der Waals surface area contributed by atoms with Crippen molar-refractivity contribution in [3.8, 4) is 5.75 Å². The molecule has 22 heavy (non-hydrogen) atoms. The van der Waals surface area contributed by atoms with Gasteiger partial charge in [-0.2, -0.15) is 0 Å². The van der Waals surface area contributed by atoms with Crippen molar-refractivity contribution >= 4 is 17.5 Å². The van der Waals surface area contributed by atoms with Crippen LogP contribution in [0.25, 0.3) is 0 Å². The van der Waals surface area contributed by atoms with Gasteiger partial charge in [-0.05, 0) is 24.3 Å². The summed E-state index contributed by atoms with van der Waals surface area (Å²) in [6.07, 6.45) is -0.352. The molecule has 0 unspecified atom stereocenters. The molecule has 0 radical (unpaired) electrons. The summed E-state index contributed by atoms with van der Waals surface area (Å²) in [5.74, 6) is -1.49. The minimum Gasteiger partial charge on any atom is -0.507 e. The van der Waals surface area contributed by atoms with E-state index in [4.69, 9.17) is 0 Å². The quantitative estimate of drug-likeness (QED) is 0.521. The Hall–Kier alpha value is -2.95. The second-order valence-corrected chi connectivity index (χ2v) is 4.61. The molecule has 2 aromatic carbocycles. The predicted octanol–water partition coefficient (Wildman–Crippen LogP) is 2.63. The van der Waals surface area contributed by atoms with Crippen LogP contribution >= 0.6 is 0 Å². The van der Waals surface area contributed by atoms with Crippen LogP contribution in [-0.4, -0.2) is 29.8 Å². The number of esters is 1. The summed E-state index contributed by atoms with van der Waals surface area (Å²) in [6, 6.07) is 11.9. The van der Waals surface area contributed by atoms with Crippen LogP contribution in [0.5, 0.6) is 5.75 Å². The van der Waals surface area contributed by atoms with Gasteiger partial charge in [-0.1, -0.05) is 24.3 Å². The lowest BCUT2D eigenvalue weighted by Gasteiger charge is -2.04. The fourth-order valence-corrected chi connectivity index (χ4v) is 1.96. The monoisotopic (exact) mass is 298 g/mol. The van der Waals surface area contributed by atoms with E-state index in [-0.39, 0.29) is 23.5 Å². The summed E-state index contributed by atoms with van der Waals surface area (Å²) in [5, 5.41) is 9.61. The molecule has 0 aliphatic rings. The lowest BCUT2D eigenvalue weighted by molar-refractivity contribution is 0.0600. The number of carbonyl (C=O) groups is 3. The first kappa shape index (κ1) is 15.4. The SMILES string of the molecule is COC(=O)c1ccc(C(=O)CC(=O)c2ccccc2O)cc1. The first-order chi connectivity index (χ1) is 10.5. The van der Waals surface area contributed by atoms with Crippen molar-refractivity contribution in [1.29, 1.82) is 0 Å². The van der Waals surface area contributed by atoms with Gasteiger partial charge in [0.05, 0.1) is 24.7 Å². The van der Waals surface area contributed by atoms with Crippen LogP contribution in [-0.2, 0) is 4.74 Å². The van der Waals surface area contributed by atoms with Crippen LogP contribution in [0.15, 0.2) is 48.5 Å². The number of ketones is 2. The van der Waals surface area contributed by atoms with E-state index in [0.29, 0.717) is 11.1 Å². The molecule has 0 saturated carbocycles. The van der Waals surface area contributed by atoms with Crippen molar-refractivity contribution in [3.63, 3.8) is 0 Å². The zero-order chi connectivity index (χ0) is 16.1. The molecular formula is C17H14O5. The molecule has 2 rings (SSSR count). The Kier molecular flexibility index (Phi) is 4.68. The topological polar surface area (TPSA) is 80.7 Å². The minimum absolute atomic E-state index is 0.113. The summed E-state index contributed by atoms with van der Waals surface area (Å²) >= 11 is 0. The van der Waals surface area contributed by atoms with Gasteiger partial charge < -0.3 is 9.84 Å². The van der Waals surface area contributed by atoms with E-state index in [2.05, 4.69) is 4.74 Å². The number of phenols is 1. The fourth-order valence-electron chi connectivity index (χ4n) is 1.96. The van der Waals surface area contributed by atoms with E-state index in [0.717, 1.165) is 0 Å². The highest BCUT2D eigenvalue weighted by Gasteiger charge is 2.16. The third-order valence-corrected chi connectivity index (χ3v) is 3.15. The summed E-state index contributed by atoms with van der Waals surface area (Å²) in [7, 11) is 1.27. The number of ether oxygens (including phenoxy) is 1. The third-order valence-electron chi connectivity index (χ3n) is 3.15. The molecule has 0 heterocycles. The maximum Gasteiger partial charge on any atom is 0.337 e. The van der Waals surface area contributed by atoms with Crippen molar-refractivity contribution in [2.45, 2.75) is 6.42 Å². The fraction of sp³-hybridized carbons (Fsp3) is 0.118. The average Bonchev–Trinajstić information content (AvgIpc) is 2.54. The standard InChI is InChI=1S/C17H14O5/c1-22-17(21)12-8-6-11(7-9-12)15(19)10-16(20)13-4-2-3-5-14(13)18/h2-9,18H,10H2,1H3. The van der Waals surface area contributed by atoms with E-state index >= 15 is 0 Å². The predicted molar refractivity (Wildman–Crippen MR) is 79.2 cm³/mol. The number of hydrogen-bond acceptors (Lipinski definition) is 5. The molecule has 0 spiro atoms. The minimum atomic E-state index is -0.496. The molecule has 0 atom stereocenters. The molecule has 0 bridgehead atoms. The van der Waals surface area contributed by atoms with Crippen LogP contribution in [0.3, 0.4) is 0 Å². The molecule has 5 nitrogen and oxygen atoms in total. The van der Waals surface area contributed by atoms with Gasteiger partial charge >= 0.3 is 5.97 Å². The van der Waals surface area contributed by atoms with Crippen molar-refractivity contribution in [1.82, 2.24) is 0 Å². The molecular weight excluding hydrogens is 284 g/mol. The van der Waals surface area contributed by atoms with Crippen LogP contribution in [0.4, 0.5) is 0 Å².